The van der Waals surface area contributed by atoms with E-state index in [2.05, 4.69) is 9.72 Å². The molecule has 0 N–H and O–H groups in total. The number of hydrogen-bond acceptors (Lipinski definition) is 4. The first-order valence-electron chi connectivity index (χ1n) is 8.04. The molecule has 1 unspecified atom stereocenters. The third kappa shape index (κ3) is 3.18. The lowest BCUT2D eigenvalue weighted by Crippen LogP contribution is -2.39. The molecule has 0 radical (unpaired) electrons. The molecule has 6 nitrogen and oxygen atoms in total. The monoisotopic (exact) mass is 327 g/mol. The molecule has 0 aliphatic carbocycles. The summed E-state index contributed by atoms with van der Waals surface area (Å²) in [5, 5.41) is 0. The number of aryl methyl sites for hydroxylation is 1. The molecule has 6 heteroatoms. The normalized spacial score (nSPS) is 17.6. The van der Waals surface area contributed by atoms with Crippen molar-refractivity contribution in [3.8, 4) is 0 Å². The lowest BCUT2D eigenvalue weighted by Gasteiger charge is -2.33. The number of aromatic nitrogens is 2. The Morgan fingerprint density at radius 2 is 1.92 bits per heavy atom. The predicted octanol–water partition coefficient (Wildman–Crippen LogP) is 2.23. The van der Waals surface area contributed by atoms with Crippen molar-refractivity contribution >= 4 is 11.9 Å². The molecule has 24 heavy (non-hydrogen) atoms. The molecule has 126 valence electrons. The fourth-order valence-electron chi connectivity index (χ4n) is 3.21. The van der Waals surface area contributed by atoms with E-state index in [1.165, 1.54) is 7.11 Å². The molecule has 1 aromatic heterocycles. The van der Waals surface area contributed by atoms with Gasteiger partial charge in [-0.25, -0.2) is 9.78 Å². The Morgan fingerprint density at radius 3 is 2.54 bits per heavy atom. The number of hydrogen-bond donors (Lipinski definition) is 0. The molecule has 3 rings (SSSR count). The number of likely N-dealkylation sites (tertiary alicyclic amines) is 1. The number of carbonyl (C=O) groups is 2. The van der Waals surface area contributed by atoms with Crippen LogP contribution in [0.15, 0.2) is 36.8 Å². The van der Waals surface area contributed by atoms with Crippen LogP contribution in [0.2, 0.25) is 0 Å². The first kappa shape index (κ1) is 16.2. The van der Waals surface area contributed by atoms with Gasteiger partial charge in [0.2, 0.25) is 0 Å². The number of imidazole rings is 1. The number of benzene rings is 1. The summed E-state index contributed by atoms with van der Waals surface area (Å²) in [4.78, 5) is 30.3. The molecular formula is C18H21N3O3. The Bertz CT molecular complexity index is 736. The molecule has 0 saturated carbocycles. The van der Waals surface area contributed by atoms with Gasteiger partial charge in [0.1, 0.15) is 0 Å². The van der Waals surface area contributed by atoms with Gasteiger partial charge in [-0.2, -0.15) is 0 Å². The molecule has 0 bridgehead atoms. The van der Waals surface area contributed by atoms with Crippen molar-refractivity contribution in [2.24, 2.45) is 7.05 Å². The number of methoxy groups -OCH3 is 1. The summed E-state index contributed by atoms with van der Waals surface area (Å²) in [5.74, 6) is -0.0916. The van der Waals surface area contributed by atoms with Crippen LogP contribution < -0.4 is 0 Å². The molecular weight excluding hydrogens is 306 g/mol. The predicted molar refractivity (Wildman–Crippen MR) is 88.9 cm³/mol. The highest BCUT2D eigenvalue weighted by molar-refractivity contribution is 5.96. The fraction of sp³-hybridized carbons (Fsp3) is 0.389. The molecule has 1 aromatic carbocycles. The smallest absolute Gasteiger partial charge is 0.337 e. The largest absolute Gasteiger partial charge is 0.465 e. The van der Waals surface area contributed by atoms with Crippen molar-refractivity contribution in [3.63, 3.8) is 0 Å². The number of rotatable bonds is 3. The summed E-state index contributed by atoms with van der Waals surface area (Å²) < 4.78 is 6.69. The highest BCUT2D eigenvalue weighted by Gasteiger charge is 2.27. The van der Waals surface area contributed by atoms with Gasteiger partial charge in [-0.3, -0.25) is 4.79 Å². The summed E-state index contributed by atoms with van der Waals surface area (Å²) in [7, 11) is 3.32. The Kier molecular flexibility index (Phi) is 4.64. The van der Waals surface area contributed by atoms with Crippen LogP contribution in [0.1, 0.15) is 45.2 Å². The van der Waals surface area contributed by atoms with E-state index in [1.54, 1.807) is 30.6 Å². The van der Waals surface area contributed by atoms with E-state index in [9.17, 15) is 9.59 Å². The lowest BCUT2D eigenvalue weighted by molar-refractivity contribution is 0.0599. The number of carbonyl (C=O) groups excluding carboxylic acids is 2. The summed E-state index contributed by atoms with van der Waals surface area (Å²) in [6.07, 6.45) is 5.71. The van der Waals surface area contributed by atoms with Gasteiger partial charge in [0.25, 0.3) is 5.91 Å². The zero-order valence-electron chi connectivity index (χ0n) is 13.9. The number of ether oxygens (including phenoxy) is 1. The minimum atomic E-state index is -0.400. The number of piperidine rings is 1. The van der Waals surface area contributed by atoms with Gasteiger partial charge >= 0.3 is 5.97 Å². The van der Waals surface area contributed by atoms with Crippen LogP contribution in [-0.2, 0) is 11.8 Å². The van der Waals surface area contributed by atoms with Crippen molar-refractivity contribution in [1.82, 2.24) is 14.5 Å². The molecule has 0 spiro atoms. The SMILES string of the molecule is COC(=O)c1ccc(C(=O)N2CCCC(c3cncn3C)C2)cc1. The van der Waals surface area contributed by atoms with Gasteiger partial charge in [0.15, 0.2) is 0 Å². The maximum atomic E-state index is 12.7. The van der Waals surface area contributed by atoms with Gasteiger partial charge in [-0.1, -0.05) is 0 Å². The third-order valence-corrected chi connectivity index (χ3v) is 4.53. The molecule has 1 aliphatic rings. The summed E-state index contributed by atoms with van der Waals surface area (Å²) in [6.45, 7) is 1.45. The van der Waals surface area contributed by atoms with Gasteiger partial charge in [-0.05, 0) is 37.1 Å². The molecule has 1 saturated heterocycles. The van der Waals surface area contributed by atoms with Crippen LogP contribution in [0.25, 0.3) is 0 Å². The van der Waals surface area contributed by atoms with E-state index in [1.807, 2.05) is 22.7 Å². The summed E-state index contributed by atoms with van der Waals surface area (Å²) in [5.41, 5.74) is 2.20. The topological polar surface area (TPSA) is 64.4 Å². The maximum absolute atomic E-state index is 12.7. The second-order valence-corrected chi connectivity index (χ2v) is 6.09. The van der Waals surface area contributed by atoms with Crippen LogP contribution >= 0.6 is 0 Å². The minimum Gasteiger partial charge on any atom is -0.465 e. The van der Waals surface area contributed by atoms with Gasteiger partial charge < -0.3 is 14.2 Å². The third-order valence-electron chi connectivity index (χ3n) is 4.53. The molecule has 2 heterocycles. The molecule has 1 amide bonds. The Hall–Kier alpha value is -2.63. The standard InChI is InChI=1S/C18H21N3O3/c1-20-12-19-10-16(20)15-4-3-9-21(11-15)17(22)13-5-7-14(8-6-13)18(23)24-2/h5-8,10,12,15H,3-4,9,11H2,1-2H3. The second-order valence-electron chi connectivity index (χ2n) is 6.09. The number of nitrogens with zero attached hydrogens (tertiary/aromatic N) is 3. The number of esters is 1. The minimum absolute atomic E-state index is 0.00159. The zero-order valence-corrected chi connectivity index (χ0v) is 13.9. The van der Waals surface area contributed by atoms with E-state index in [-0.39, 0.29) is 5.91 Å². The molecule has 1 aliphatic heterocycles. The number of amides is 1. The second kappa shape index (κ2) is 6.86. The first-order chi connectivity index (χ1) is 11.6. The van der Waals surface area contributed by atoms with Crippen molar-refractivity contribution in [2.75, 3.05) is 20.2 Å². The van der Waals surface area contributed by atoms with Gasteiger partial charge in [0.05, 0.1) is 19.0 Å². The molecule has 2 aromatic rings. The van der Waals surface area contributed by atoms with Crippen molar-refractivity contribution in [2.45, 2.75) is 18.8 Å². The molecule has 1 fully saturated rings. The van der Waals surface area contributed by atoms with Crippen molar-refractivity contribution < 1.29 is 14.3 Å². The van der Waals surface area contributed by atoms with Crippen LogP contribution in [-0.4, -0.2) is 46.5 Å². The highest BCUT2D eigenvalue weighted by Crippen LogP contribution is 2.27. The van der Waals surface area contributed by atoms with Crippen LogP contribution in [0.5, 0.6) is 0 Å². The zero-order chi connectivity index (χ0) is 17.1. The van der Waals surface area contributed by atoms with Crippen LogP contribution in [0.3, 0.4) is 0 Å². The maximum Gasteiger partial charge on any atom is 0.337 e. The average molecular weight is 327 g/mol. The van der Waals surface area contributed by atoms with Crippen molar-refractivity contribution in [1.29, 1.82) is 0 Å². The Morgan fingerprint density at radius 1 is 1.21 bits per heavy atom. The quantitative estimate of drug-likeness (QED) is 0.811. The fourth-order valence-corrected chi connectivity index (χ4v) is 3.21. The van der Waals surface area contributed by atoms with Gasteiger partial charge in [0, 0.05) is 43.5 Å². The average Bonchev–Trinajstić information content (AvgIpc) is 3.06. The van der Waals surface area contributed by atoms with Crippen LogP contribution in [0.4, 0.5) is 0 Å². The summed E-state index contributed by atoms with van der Waals surface area (Å²) in [6, 6.07) is 6.62. The van der Waals surface area contributed by atoms with E-state index in [4.69, 9.17) is 0 Å². The first-order valence-corrected chi connectivity index (χ1v) is 8.04. The summed E-state index contributed by atoms with van der Waals surface area (Å²) >= 11 is 0. The van der Waals surface area contributed by atoms with Crippen molar-refractivity contribution in [3.05, 3.63) is 53.6 Å². The highest BCUT2D eigenvalue weighted by atomic mass is 16.5. The van der Waals surface area contributed by atoms with E-state index in [0.29, 0.717) is 23.6 Å². The van der Waals surface area contributed by atoms with E-state index in [0.717, 1.165) is 25.1 Å². The Labute approximate surface area is 141 Å². The van der Waals surface area contributed by atoms with E-state index >= 15 is 0 Å². The van der Waals surface area contributed by atoms with E-state index < -0.39 is 5.97 Å². The lowest BCUT2D eigenvalue weighted by atomic mass is 9.94. The molecule has 1 atom stereocenters. The van der Waals surface area contributed by atoms with Gasteiger partial charge in [-0.15, -0.1) is 0 Å². The van der Waals surface area contributed by atoms with Crippen LogP contribution in [0, 0.1) is 0 Å². The Balaban J connectivity index is 1.72.